The number of allylic oxidation sites excluding steroid dienone is 1. The quantitative estimate of drug-likeness (QED) is 0.460. The SMILES string of the molecule is C/C=C(\NNC(=O)CSc1nc2ccccc2n1C)c1ccc(O)cc1. The van der Waals surface area contributed by atoms with Gasteiger partial charge in [0.15, 0.2) is 5.16 Å². The van der Waals surface area contributed by atoms with Crippen LogP contribution < -0.4 is 10.9 Å². The molecule has 1 heterocycles. The molecule has 0 radical (unpaired) electrons. The summed E-state index contributed by atoms with van der Waals surface area (Å²) >= 11 is 1.39. The van der Waals surface area contributed by atoms with Gasteiger partial charge in [-0.2, -0.15) is 0 Å². The number of imidazole rings is 1. The van der Waals surface area contributed by atoms with Crippen LogP contribution in [0.4, 0.5) is 0 Å². The Bertz CT molecular complexity index is 948. The number of hydrazine groups is 1. The molecule has 0 bridgehead atoms. The van der Waals surface area contributed by atoms with Crippen LogP contribution >= 0.6 is 11.8 Å². The molecule has 3 rings (SSSR count). The number of fused-ring (bicyclic) bond motifs is 1. The second-order valence-corrected chi connectivity index (χ2v) is 6.60. The Hall–Kier alpha value is -2.93. The van der Waals surface area contributed by atoms with Crippen molar-refractivity contribution in [3.05, 3.63) is 60.2 Å². The second-order valence-electron chi connectivity index (χ2n) is 5.65. The minimum absolute atomic E-state index is 0.153. The first-order chi connectivity index (χ1) is 12.6. The molecule has 26 heavy (non-hydrogen) atoms. The van der Waals surface area contributed by atoms with Gasteiger partial charge in [-0.3, -0.25) is 15.6 Å². The maximum atomic E-state index is 12.1. The van der Waals surface area contributed by atoms with Gasteiger partial charge in [0.05, 0.1) is 22.5 Å². The highest BCUT2D eigenvalue weighted by Gasteiger charge is 2.10. The summed E-state index contributed by atoms with van der Waals surface area (Å²) in [6.45, 7) is 1.87. The number of thioether (sulfide) groups is 1. The summed E-state index contributed by atoms with van der Waals surface area (Å²) in [5.74, 6) is 0.295. The predicted octanol–water partition coefficient (Wildman–Crippen LogP) is 3.05. The molecule has 0 saturated carbocycles. The maximum absolute atomic E-state index is 12.1. The van der Waals surface area contributed by atoms with Gasteiger partial charge in [0.2, 0.25) is 5.91 Å². The van der Waals surface area contributed by atoms with E-state index < -0.39 is 0 Å². The molecule has 0 atom stereocenters. The predicted molar refractivity (Wildman–Crippen MR) is 104 cm³/mol. The van der Waals surface area contributed by atoms with Crippen LogP contribution in [-0.2, 0) is 11.8 Å². The zero-order valence-electron chi connectivity index (χ0n) is 14.6. The fourth-order valence-electron chi connectivity index (χ4n) is 2.51. The van der Waals surface area contributed by atoms with Crippen molar-refractivity contribution in [3.8, 4) is 5.75 Å². The number of hydrogen-bond donors (Lipinski definition) is 3. The summed E-state index contributed by atoms with van der Waals surface area (Å²) in [5.41, 5.74) is 9.19. The Labute approximate surface area is 155 Å². The van der Waals surface area contributed by atoms with Crippen molar-refractivity contribution < 1.29 is 9.90 Å². The molecule has 2 aromatic carbocycles. The van der Waals surface area contributed by atoms with Gasteiger partial charge in [-0.05, 0) is 48.9 Å². The van der Waals surface area contributed by atoms with E-state index in [2.05, 4.69) is 15.8 Å². The molecule has 7 heteroatoms. The fraction of sp³-hybridized carbons (Fsp3) is 0.158. The van der Waals surface area contributed by atoms with Crippen molar-refractivity contribution in [1.82, 2.24) is 20.4 Å². The Morgan fingerprint density at radius 1 is 1.19 bits per heavy atom. The molecule has 3 N–H and O–H groups in total. The van der Waals surface area contributed by atoms with Crippen LogP contribution in [0.2, 0.25) is 0 Å². The van der Waals surface area contributed by atoms with Crippen LogP contribution in [0.1, 0.15) is 12.5 Å². The van der Waals surface area contributed by atoms with Gasteiger partial charge in [0.1, 0.15) is 5.75 Å². The summed E-state index contributed by atoms with van der Waals surface area (Å²) in [6.07, 6.45) is 1.85. The molecule has 3 aromatic rings. The van der Waals surface area contributed by atoms with Gasteiger partial charge in [-0.25, -0.2) is 4.98 Å². The van der Waals surface area contributed by atoms with E-state index in [4.69, 9.17) is 0 Å². The Morgan fingerprint density at radius 2 is 1.92 bits per heavy atom. The molecule has 0 spiro atoms. The molecular weight excluding hydrogens is 348 g/mol. The number of rotatable bonds is 6. The molecule has 134 valence electrons. The first-order valence-corrected chi connectivity index (χ1v) is 9.12. The van der Waals surface area contributed by atoms with E-state index in [1.807, 2.05) is 48.9 Å². The maximum Gasteiger partial charge on any atom is 0.248 e. The Balaban J connectivity index is 1.56. The molecular formula is C19H20N4O2S. The van der Waals surface area contributed by atoms with Crippen molar-refractivity contribution >= 4 is 34.4 Å². The van der Waals surface area contributed by atoms with Gasteiger partial charge in [0, 0.05) is 7.05 Å². The van der Waals surface area contributed by atoms with E-state index in [1.54, 1.807) is 24.3 Å². The lowest BCUT2D eigenvalue weighted by Gasteiger charge is -2.12. The molecule has 0 fully saturated rings. The summed E-state index contributed by atoms with van der Waals surface area (Å²) in [7, 11) is 1.94. The number of nitrogens with zero attached hydrogens (tertiary/aromatic N) is 2. The molecule has 0 unspecified atom stereocenters. The topological polar surface area (TPSA) is 79.2 Å². The van der Waals surface area contributed by atoms with E-state index >= 15 is 0 Å². The van der Waals surface area contributed by atoms with Crippen molar-refractivity contribution in [2.24, 2.45) is 7.05 Å². The Kier molecular flexibility index (Phi) is 5.48. The number of para-hydroxylation sites is 2. The van der Waals surface area contributed by atoms with E-state index in [9.17, 15) is 9.90 Å². The lowest BCUT2D eigenvalue weighted by molar-refractivity contribution is -0.119. The summed E-state index contributed by atoms with van der Waals surface area (Å²) < 4.78 is 1.98. The van der Waals surface area contributed by atoms with E-state index in [-0.39, 0.29) is 17.4 Å². The lowest BCUT2D eigenvalue weighted by Crippen LogP contribution is -2.37. The van der Waals surface area contributed by atoms with Gasteiger partial charge in [-0.1, -0.05) is 30.0 Å². The third kappa shape index (κ3) is 4.00. The van der Waals surface area contributed by atoms with Crippen molar-refractivity contribution in [2.75, 3.05) is 5.75 Å². The average Bonchev–Trinajstić information content (AvgIpc) is 2.98. The zero-order chi connectivity index (χ0) is 18.5. The smallest absolute Gasteiger partial charge is 0.248 e. The number of nitrogens with one attached hydrogen (secondary N) is 2. The van der Waals surface area contributed by atoms with Crippen LogP contribution in [0.25, 0.3) is 16.7 Å². The number of hydrogen-bond acceptors (Lipinski definition) is 5. The largest absolute Gasteiger partial charge is 0.508 e. The third-order valence-corrected chi connectivity index (χ3v) is 4.91. The highest BCUT2D eigenvalue weighted by molar-refractivity contribution is 7.99. The van der Waals surface area contributed by atoms with Crippen LogP contribution in [0.15, 0.2) is 59.8 Å². The van der Waals surface area contributed by atoms with Gasteiger partial charge in [-0.15, -0.1) is 0 Å². The summed E-state index contributed by atoms with van der Waals surface area (Å²) in [5, 5.41) is 10.2. The first kappa shape index (κ1) is 17.9. The number of carbonyl (C=O) groups is 1. The van der Waals surface area contributed by atoms with E-state index in [0.717, 1.165) is 27.5 Å². The number of phenolic OH excluding ortho intramolecular Hbond substituents is 1. The summed E-state index contributed by atoms with van der Waals surface area (Å²) in [6, 6.07) is 14.6. The molecule has 1 amide bonds. The van der Waals surface area contributed by atoms with Crippen molar-refractivity contribution in [3.63, 3.8) is 0 Å². The van der Waals surface area contributed by atoms with E-state index in [0.29, 0.717) is 0 Å². The average molecular weight is 368 g/mol. The first-order valence-electron chi connectivity index (χ1n) is 8.13. The lowest BCUT2D eigenvalue weighted by atomic mass is 10.1. The number of carbonyl (C=O) groups excluding carboxylic acids is 1. The summed E-state index contributed by atoms with van der Waals surface area (Å²) in [4.78, 5) is 16.7. The molecule has 0 aliphatic carbocycles. The van der Waals surface area contributed by atoms with Gasteiger partial charge >= 0.3 is 0 Å². The van der Waals surface area contributed by atoms with Crippen LogP contribution in [0.5, 0.6) is 5.75 Å². The van der Waals surface area contributed by atoms with Crippen LogP contribution in [-0.4, -0.2) is 26.3 Å². The fourth-order valence-corrected chi connectivity index (χ4v) is 3.29. The van der Waals surface area contributed by atoms with Crippen molar-refractivity contribution in [1.29, 1.82) is 0 Å². The minimum atomic E-state index is -0.153. The molecule has 6 nitrogen and oxygen atoms in total. The Morgan fingerprint density at radius 3 is 2.62 bits per heavy atom. The standard InChI is InChI=1S/C19H20N4O2S/c1-3-15(13-8-10-14(24)11-9-13)21-22-18(25)12-26-19-20-16-6-4-5-7-17(16)23(19)2/h3-11,21,24H,12H2,1-2H3,(H,22,25)/b15-3-. The number of amides is 1. The van der Waals surface area contributed by atoms with Gasteiger partial charge in [0.25, 0.3) is 0 Å². The molecule has 0 aliphatic heterocycles. The number of aromatic nitrogens is 2. The molecule has 0 aliphatic rings. The number of phenols is 1. The van der Waals surface area contributed by atoms with Crippen molar-refractivity contribution in [2.45, 2.75) is 12.1 Å². The zero-order valence-corrected chi connectivity index (χ0v) is 15.4. The van der Waals surface area contributed by atoms with E-state index in [1.165, 1.54) is 11.8 Å². The minimum Gasteiger partial charge on any atom is -0.508 e. The molecule has 0 saturated heterocycles. The highest BCUT2D eigenvalue weighted by atomic mass is 32.2. The van der Waals surface area contributed by atoms with Crippen LogP contribution in [0.3, 0.4) is 0 Å². The highest BCUT2D eigenvalue weighted by Crippen LogP contribution is 2.22. The number of aryl methyl sites for hydroxylation is 1. The number of benzene rings is 2. The monoisotopic (exact) mass is 368 g/mol. The molecule has 1 aromatic heterocycles. The normalized spacial score (nSPS) is 11.5. The second kappa shape index (κ2) is 7.97. The number of aromatic hydroxyl groups is 1. The van der Waals surface area contributed by atoms with Gasteiger partial charge < -0.3 is 9.67 Å². The third-order valence-electron chi connectivity index (χ3n) is 3.88. The van der Waals surface area contributed by atoms with Crippen LogP contribution in [0, 0.1) is 0 Å².